The highest BCUT2D eigenvalue weighted by atomic mass is 35.5. The first-order valence-electron chi connectivity index (χ1n) is 13.3. The van der Waals surface area contributed by atoms with Crippen LogP contribution in [0.15, 0.2) is 78.9 Å². The van der Waals surface area contributed by atoms with E-state index in [0.717, 1.165) is 29.5 Å². The zero-order valence-electron chi connectivity index (χ0n) is 22.3. The van der Waals surface area contributed by atoms with Gasteiger partial charge < -0.3 is 10.2 Å². The van der Waals surface area contributed by atoms with E-state index >= 15 is 0 Å². The van der Waals surface area contributed by atoms with E-state index in [1.165, 1.54) is 5.56 Å². The molecular formula is C32H39ClN2O2. The number of carbonyl (C=O) groups is 2. The molecule has 0 aliphatic heterocycles. The van der Waals surface area contributed by atoms with Crippen LogP contribution in [0, 0.1) is 0 Å². The summed E-state index contributed by atoms with van der Waals surface area (Å²) in [6.07, 6.45) is 3.32. The van der Waals surface area contributed by atoms with Gasteiger partial charge in [-0.1, -0.05) is 106 Å². The van der Waals surface area contributed by atoms with Crippen molar-refractivity contribution < 1.29 is 9.59 Å². The monoisotopic (exact) mass is 518 g/mol. The Kier molecular flexibility index (Phi) is 11.2. The first-order valence-corrected chi connectivity index (χ1v) is 13.7. The number of halogens is 1. The van der Waals surface area contributed by atoms with E-state index < -0.39 is 6.04 Å². The summed E-state index contributed by atoms with van der Waals surface area (Å²) in [6, 6.07) is 25.3. The molecule has 0 aliphatic rings. The fourth-order valence-electron chi connectivity index (χ4n) is 4.31. The molecule has 0 spiro atoms. The summed E-state index contributed by atoms with van der Waals surface area (Å²) in [4.78, 5) is 29.0. The Morgan fingerprint density at radius 1 is 0.865 bits per heavy atom. The predicted octanol–water partition coefficient (Wildman–Crippen LogP) is 6.95. The molecule has 0 heterocycles. The molecule has 0 aromatic heterocycles. The normalized spacial score (nSPS) is 11.8. The van der Waals surface area contributed by atoms with Crippen LogP contribution in [-0.2, 0) is 29.0 Å². The molecule has 37 heavy (non-hydrogen) atoms. The van der Waals surface area contributed by atoms with Gasteiger partial charge in [-0.25, -0.2) is 0 Å². The number of nitrogens with one attached hydrogen (secondary N) is 1. The molecule has 5 heteroatoms. The number of hydrogen-bond acceptors (Lipinski definition) is 2. The number of benzene rings is 3. The van der Waals surface area contributed by atoms with E-state index in [1.54, 1.807) is 4.90 Å². The lowest BCUT2D eigenvalue weighted by Crippen LogP contribution is -2.50. The van der Waals surface area contributed by atoms with Crippen LogP contribution in [0.25, 0.3) is 0 Å². The van der Waals surface area contributed by atoms with Gasteiger partial charge in [-0.05, 0) is 53.1 Å². The van der Waals surface area contributed by atoms with Crippen molar-refractivity contribution in [2.45, 2.75) is 71.4 Å². The molecule has 0 saturated carbocycles. The Labute approximate surface area is 227 Å². The van der Waals surface area contributed by atoms with Crippen LogP contribution < -0.4 is 5.32 Å². The minimum atomic E-state index is -0.606. The minimum Gasteiger partial charge on any atom is -0.354 e. The van der Waals surface area contributed by atoms with E-state index in [-0.39, 0.29) is 11.8 Å². The minimum absolute atomic E-state index is 0.0329. The Hall–Kier alpha value is -3.11. The van der Waals surface area contributed by atoms with Gasteiger partial charge in [-0.15, -0.1) is 0 Å². The van der Waals surface area contributed by atoms with Crippen molar-refractivity contribution in [3.05, 3.63) is 106 Å². The van der Waals surface area contributed by atoms with Gasteiger partial charge in [0.05, 0.1) is 0 Å². The summed E-state index contributed by atoms with van der Waals surface area (Å²) in [5.74, 6) is 0.325. The lowest BCUT2D eigenvalue weighted by atomic mass is 9.99. The number of carbonyl (C=O) groups excluding carboxylic acids is 2. The molecule has 1 atom stereocenters. The molecule has 3 aromatic rings. The van der Waals surface area contributed by atoms with Crippen LogP contribution in [0.4, 0.5) is 0 Å². The summed E-state index contributed by atoms with van der Waals surface area (Å²) in [7, 11) is 0. The third kappa shape index (κ3) is 9.05. The summed E-state index contributed by atoms with van der Waals surface area (Å²) in [6.45, 7) is 7.39. The van der Waals surface area contributed by atoms with Crippen molar-refractivity contribution in [3.8, 4) is 0 Å². The van der Waals surface area contributed by atoms with Crippen molar-refractivity contribution in [1.29, 1.82) is 0 Å². The highest BCUT2D eigenvalue weighted by Crippen LogP contribution is 2.20. The lowest BCUT2D eigenvalue weighted by molar-refractivity contribution is -0.141. The molecule has 0 unspecified atom stereocenters. The molecule has 196 valence electrons. The maximum atomic E-state index is 13.7. The molecule has 4 nitrogen and oxygen atoms in total. The second-order valence-corrected chi connectivity index (χ2v) is 10.3. The number of aryl methyl sites for hydroxylation is 1. The standard InChI is InChI=1S/C32H39ClN2O2/c1-4-5-21-34-32(37)30(22-26-9-7-6-8-10-26)35(23-27-13-18-29(33)19-14-27)31(36)20-15-25-11-16-28(17-12-25)24(2)3/h6-14,16-19,24,30H,4-5,15,20-23H2,1-3H3,(H,34,37)/t30-/m1/s1. The molecular weight excluding hydrogens is 480 g/mol. The summed E-state index contributed by atoms with van der Waals surface area (Å²) < 4.78 is 0. The van der Waals surface area contributed by atoms with Crippen LogP contribution in [0.3, 0.4) is 0 Å². The Morgan fingerprint density at radius 3 is 2.14 bits per heavy atom. The van der Waals surface area contributed by atoms with Gasteiger partial charge in [0.2, 0.25) is 11.8 Å². The molecule has 0 radical (unpaired) electrons. The molecule has 3 aromatic carbocycles. The largest absolute Gasteiger partial charge is 0.354 e. The van der Waals surface area contributed by atoms with Crippen molar-refractivity contribution >= 4 is 23.4 Å². The van der Waals surface area contributed by atoms with Gasteiger partial charge in [0.25, 0.3) is 0 Å². The van der Waals surface area contributed by atoms with Gasteiger partial charge in [-0.2, -0.15) is 0 Å². The van der Waals surface area contributed by atoms with E-state index in [2.05, 4.69) is 50.4 Å². The Morgan fingerprint density at radius 2 is 1.51 bits per heavy atom. The number of amides is 2. The first-order chi connectivity index (χ1) is 17.9. The summed E-state index contributed by atoms with van der Waals surface area (Å²) >= 11 is 6.11. The SMILES string of the molecule is CCCCNC(=O)[C@@H](Cc1ccccc1)N(Cc1ccc(Cl)cc1)C(=O)CCc1ccc(C(C)C)cc1. The second kappa shape index (κ2) is 14.6. The van der Waals surface area contributed by atoms with Gasteiger partial charge in [0.1, 0.15) is 6.04 Å². The topological polar surface area (TPSA) is 49.4 Å². The van der Waals surface area contributed by atoms with Crippen LogP contribution in [0.1, 0.15) is 68.2 Å². The van der Waals surface area contributed by atoms with Crippen molar-refractivity contribution in [2.75, 3.05) is 6.54 Å². The highest BCUT2D eigenvalue weighted by Gasteiger charge is 2.30. The van der Waals surface area contributed by atoms with Crippen LogP contribution in [0.5, 0.6) is 0 Å². The van der Waals surface area contributed by atoms with Gasteiger partial charge >= 0.3 is 0 Å². The third-order valence-corrected chi connectivity index (χ3v) is 6.89. The van der Waals surface area contributed by atoms with Crippen LogP contribution >= 0.6 is 11.6 Å². The summed E-state index contributed by atoms with van der Waals surface area (Å²) in [5.41, 5.74) is 4.37. The fraction of sp³-hybridized carbons (Fsp3) is 0.375. The van der Waals surface area contributed by atoms with Crippen molar-refractivity contribution in [1.82, 2.24) is 10.2 Å². The zero-order valence-corrected chi connectivity index (χ0v) is 23.0. The quantitative estimate of drug-likeness (QED) is 0.249. The molecule has 1 N–H and O–H groups in total. The van der Waals surface area contributed by atoms with E-state index in [9.17, 15) is 9.59 Å². The van der Waals surface area contributed by atoms with E-state index in [0.29, 0.717) is 43.3 Å². The first kappa shape index (κ1) is 28.5. The van der Waals surface area contributed by atoms with Gasteiger partial charge in [-0.3, -0.25) is 9.59 Å². The zero-order chi connectivity index (χ0) is 26.6. The molecule has 2 amide bonds. The highest BCUT2D eigenvalue weighted by molar-refractivity contribution is 6.30. The number of nitrogens with zero attached hydrogens (tertiary/aromatic N) is 1. The maximum Gasteiger partial charge on any atom is 0.243 e. The van der Waals surface area contributed by atoms with Crippen LogP contribution in [-0.4, -0.2) is 29.3 Å². The van der Waals surface area contributed by atoms with Gasteiger partial charge in [0.15, 0.2) is 0 Å². The molecule has 0 saturated heterocycles. The average molecular weight is 519 g/mol. The average Bonchev–Trinajstić information content (AvgIpc) is 2.91. The van der Waals surface area contributed by atoms with E-state index in [1.807, 2.05) is 54.6 Å². The molecule has 0 fully saturated rings. The number of unbranched alkanes of at least 4 members (excludes halogenated alkanes) is 1. The second-order valence-electron chi connectivity index (χ2n) is 9.89. The lowest BCUT2D eigenvalue weighted by Gasteiger charge is -2.32. The number of rotatable bonds is 13. The smallest absolute Gasteiger partial charge is 0.243 e. The molecule has 0 aliphatic carbocycles. The summed E-state index contributed by atoms with van der Waals surface area (Å²) in [5, 5.41) is 3.71. The number of hydrogen-bond donors (Lipinski definition) is 1. The Balaban J connectivity index is 1.85. The van der Waals surface area contributed by atoms with Crippen molar-refractivity contribution in [2.24, 2.45) is 0 Å². The fourth-order valence-corrected chi connectivity index (χ4v) is 4.44. The Bertz CT molecular complexity index is 1110. The van der Waals surface area contributed by atoms with E-state index in [4.69, 9.17) is 11.6 Å². The van der Waals surface area contributed by atoms with Crippen molar-refractivity contribution in [3.63, 3.8) is 0 Å². The molecule has 3 rings (SSSR count). The van der Waals surface area contributed by atoms with Crippen LogP contribution in [0.2, 0.25) is 5.02 Å². The molecule has 0 bridgehead atoms. The maximum absolute atomic E-state index is 13.7. The predicted molar refractivity (Wildman–Crippen MR) is 153 cm³/mol. The van der Waals surface area contributed by atoms with Gasteiger partial charge in [0, 0.05) is 31.0 Å². The third-order valence-electron chi connectivity index (χ3n) is 6.64.